The zero-order valence-corrected chi connectivity index (χ0v) is 19.7. The van der Waals surface area contributed by atoms with E-state index in [-0.39, 0.29) is 11.4 Å². The number of nitro benzene ring substituents is 1. The molecule has 0 bridgehead atoms. The van der Waals surface area contributed by atoms with Crippen molar-refractivity contribution in [3.8, 4) is 16.9 Å². The van der Waals surface area contributed by atoms with Gasteiger partial charge >= 0.3 is 0 Å². The Morgan fingerprint density at radius 1 is 0.886 bits per heavy atom. The third-order valence-electron chi connectivity index (χ3n) is 5.55. The van der Waals surface area contributed by atoms with Gasteiger partial charge < -0.3 is 20.6 Å². The normalized spacial score (nSPS) is 11.1. The number of nitrogens with one attached hydrogen (secondary N) is 2. The summed E-state index contributed by atoms with van der Waals surface area (Å²) in [6, 6.07) is 19.8. The van der Waals surface area contributed by atoms with Crippen LogP contribution in [0, 0.1) is 10.1 Å². The molecule has 3 N–H and O–H groups in total. The van der Waals surface area contributed by atoms with E-state index >= 15 is 0 Å². The largest absolute Gasteiger partial charge is 0.508 e. The third-order valence-corrected chi connectivity index (χ3v) is 5.55. The number of non-ortho nitro benzene ring substituents is 1. The summed E-state index contributed by atoms with van der Waals surface area (Å²) in [4.78, 5) is 22.2. The number of nitrogens with zero attached hydrogens (tertiary/aromatic N) is 4. The summed E-state index contributed by atoms with van der Waals surface area (Å²) in [5.74, 6) is 1.41. The minimum absolute atomic E-state index is 0.0141. The minimum Gasteiger partial charge on any atom is -0.508 e. The van der Waals surface area contributed by atoms with E-state index in [4.69, 9.17) is 0 Å². The zero-order chi connectivity index (χ0) is 24.8. The standard InChI is InChI=1S/C26H28N6O3/c1-31(2)15-3-14-27-25-26(29-23-13-10-21(32(34)35)16-24(23)30-25)28-17-18-4-6-19(7-5-18)20-8-11-22(33)12-9-20/h4-13,16,33H,3,14-15,17H2,1-2H3,(H,27,30)(H,28,29). The SMILES string of the molecule is CN(C)CCCNc1nc2cc([N+](=O)[O-])ccc2nc1NCc1ccc(-c2ccc(O)cc2)cc1. The second-order valence-electron chi connectivity index (χ2n) is 8.53. The molecule has 0 amide bonds. The molecule has 0 saturated carbocycles. The predicted molar refractivity (Wildman–Crippen MR) is 139 cm³/mol. The van der Waals surface area contributed by atoms with Gasteiger partial charge in [0.15, 0.2) is 11.6 Å². The van der Waals surface area contributed by atoms with Gasteiger partial charge in [0.05, 0.1) is 16.0 Å². The molecule has 35 heavy (non-hydrogen) atoms. The van der Waals surface area contributed by atoms with E-state index in [1.165, 1.54) is 12.1 Å². The first kappa shape index (κ1) is 23.9. The monoisotopic (exact) mass is 472 g/mol. The molecule has 4 rings (SSSR count). The van der Waals surface area contributed by atoms with E-state index in [2.05, 4.69) is 25.5 Å². The van der Waals surface area contributed by atoms with Crippen molar-refractivity contribution >= 4 is 28.4 Å². The number of rotatable bonds is 10. The number of phenolic OH excluding ortho intramolecular Hbond substituents is 1. The van der Waals surface area contributed by atoms with Crippen molar-refractivity contribution < 1.29 is 10.0 Å². The van der Waals surface area contributed by atoms with Crippen molar-refractivity contribution in [3.05, 3.63) is 82.4 Å². The number of aromatic nitrogens is 2. The topological polar surface area (TPSA) is 116 Å². The Bertz CT molecular complexity index is 1310. The van der Waals surface area contributed by atoms with E-state index < -0.39 is 4.92 Å². The quantitative estimate of drug-likeness (QED) is 0.170. The highest BCUT2D eigenvalue weighted by molar-refractivity contribution is 5.82. The van der Waals surface area contributed by atoms with Crippen LogP contribution in [0.15, 0.2) is 66.7 Å². The lowest BCUT2D eigenvalue weighted by molar-refractivity contribution is -0.384. The zero-order valence-electron chi connectivity index (χ0n) is 19.7. The van der Waals surface area contributed by atoms with Gasteiger partial charge in [-0.1, -0.05) is 36.4 Å². The van der Waals surface area contributed by atoms with Gasteiger partial charge in [-0.05, 0) is 62.0 Å². The molecule has 180 valence electrons. The molecule has 4 aromatic rings. The summed E-state index contributed by atoms with van der Waals surface area (Å²) in [6.45, 7) is 2.16. The van der Waals surface area contributed by atoms with Crippen molar-refractivity contribution in [1.82, 2.24) is 14.9 Å². The fourth-order valence-electron chi connectivity index (χ4n) is 3.66. The molecule has 0 aliphatic carbocycles. The van der Waals surface area contributed by atoms with E-state index in [1.54, 1.807) is 18.2 Å². The highest BCUT2D eigenvalue weighted by atomic mass is 16.6. The van der Waals surface area contributed by atoms with Gasteiger partial charge in [-0.15, -0.1) is 0 Å². The smallest absolute Gasteiger partial charge is 0.271 e. The van der Waals surface area contributed by atoms with E-state index in [0.29, 0.717) is 35.8 Å². The molecule has 3 aromatic carbocycles. The van der Waals surface area contributed by atoms with Gasteiger partial charge in [-0.25, -0.2) is 9.97 Å². The van der Waals surface area contributed by atoms with Crippen LogP contribution in [0.3, 0.4) is 0 Å². The number of phenols is 1. The van der Waals surface area contributed by atoms with E-state index in [1.807, 2.05) is 50.5 Å². The van der Waals surface area contributed by atoms with Crippen LogP contribution in [0.1, 0.15) is 12.0 Å². The van der Waals surface area contributed by atoms with Crippen molar-refractivity contribution in [3.63, 3.8) is 0 Å². The summed E-state index contributed by atoms with van der Waals surface area (Å²) >= 11 is 0. The Morgan fingerprint density at radius 2 is 1.51 bits per heavy atom. The number of fused-ring (bicyclic) bond motifs is 1. The average Bonchev–Trinajstić information content (AvgIpc) is 2.85. The number of aromatic hydroxyl groups is 1. The summed E-state index contributed by atoms with van der Waals surface area (Å²) in [5.41, 5.74) is 4.19. The summed E-state index contributed by atoms with van der Waals surface area (Å²) in [5, 5.41) is 27.4. The van der Waals surface area contributed by atoms with Crippen LogP contribution in [0.25, 0.3) is 22.2 Å². The lowest BCUT2D eigenvalue weighted by Gasteiger charge is -2.15. The molecule has 9 nitrogen and oxygen atoms in total. The van der Waals surface area contributed by atoms with Gasteiger partial charge in [0, 0.05) is 25.2 Å². The molecular weight excluding hydrogens is 444 g/mol. The van der Waals surface area contributed by atoms with Crippen LogP contribution in [0.5, 0.6) is 5.75 Å². The van der Waals surface area contributed by atoms with E-state index in [0.717, 1.165) is 29.7 Å². The molecule has 9 heteroatoms. The number of anilines is 2. The lowest BCUT2D eigenvalue weighted by Crippen LogP contribution is -2.17. The molecule has 0 aliphatic heterocycles. The van der Waals surface area contributed by atoms with Gasteiger partial charge in [-0.2, -0.15) is 0 Å². The maximum Gasteiger partial charge on any atom is 0.271 e. The van der Waals surface area contributed by atoms with Crippen LogP contribution in [0.2, 0.25) is 0 Å². The Kier molecular flexibility index (Phi) is 7.37. The highest BCUT2D eigenvalue weighted by Gasteiger charge is 2.13. The molecule has 0 unspecified atom stereocenters. The van der Waals surface area contributed by atoms with Crippen molar-refractivity contribution in [2.24, 2.45) is 0 Å². The molecule has 0 fully saturated rings. The van der Waals surface area contributed by atoms with Crippen LogP contribution in [0.4, 0.5) is 17.3 Å². The van der Waals surface area contributed by atoms with Gasteiger partial charge in [-0.3, -0.25) is 10.1 Å². The molecular formula is C26H28N6O3. The van der Waals surface area contributed by atoms with Gasteiger partial charge in [0.1, 0.15) is 5.75 Å². The molecule has 0 atom stereocenters. The van der Waals surface area contributed by atoms with Crippen LogP contribution in [-0.2, 0) is 6.54 Å². The Balaban J connectivity index is 1.52. The molecule has 0 spiro atoms. The number of benzene rings is 3. The predicted octanol–water partition coefficient (Wildman–Crippen LogP) is 4.89. The second kappa shape index (κ2) is 10.8. The Hall–Kier alpha value is -4.24. The lowest BCUT2D eigenvalue weighted by atomic mass is 10.0. The van der Waals surface area contributed by atoms with Gasteiger partial charge in [0.25, 0.3) is 5.69 Å². The minimum atomic E-state index is -0.431. The first-order valence-electron chi connectivity index (χ1n) is 11.4. The van der Waals surface area contributed by atoms with Crippen LogP contribution >= 0.6 is 0 Å². The van der Waals surface area contributed by atoms with Crippen LogP contribution in [-0.4, -0.2) is 52.1 Å². The first-order chi connectivity index (χ1) is 16.9. The van der Waals surface area contributed by atoms with Gasteiger partial charge in [0.2, 0.25) is 0 Å². The Labute approximate surface area is 203 Å². The summed E-state index contributed by atoms with van der Waals surface area (Å²) in [7, 11) is 4.05. The molecule has 1 heterocycles. The van der Waals surface area contributed by atoms with Crippen LogP contribution < -0.4 is 10.6 Å². The number of nitro groups is 1. The third kappa shape index (κ3) is 6.21. The fourth-order valence-corrected chi connectivity index (χ4v) is 3.66. The Morgan fingerprint density at radius 3 is 2.17 bits per heavy atom. The fraction of sp³-hybridized carbons (Fsp3) is 0.231. The highest BCUT2D eigenvalue weighted by Crippen LogP contribution is 2.26. The summed E-state index contributed by atoms with van der Waals surface area (Å²) in [6.07, 6.45) is 0.916. The van der Waals surface area contributed by atoms with Crippen molar-refractivity contribution in [2.45, 2.75) is 13.0 Å². The molecule has 1 aromatic heterocycles. The number of hydrogen-bond acceptors (Lipinski definition) is 8. The van der Waals surface area contributed by atoms with Crippen molar-refractivity contribution in [2.75, 3.05) is 37.8 Å². The molecule has 0 radical (unpaired) electrons. The van der Waals surface area contributed by atoms with Crippen molar-refractivity contribution in [1.29, 1.82) is 0 Å². The molecule has 0 aliphatic rings. The maximum atomic E-state index is 11.2. The average molecular weight is 473 g/mol. The maximum absolute atomic E-state index is 11.2. The molecule has 0 saturated heterocycles. The van der Waals surface area contributed by atoms with E-state index in [9.17, 15) is 15.2 Å². The summed E-state index contributed by atoms with van der Waals surface area (Å²) < 4.78 is 0. The number of hydrogen-bond donors (Lipinski definition) is 3. The first-order valence-corrected chi connectivity index (χ1v) is 11.4. The second-order valence-corrected chi connectivity index (χ2v) is 8.53.